The summed E-state index contributed by atoms with van der Waals surface area (Å²) in [5.41, 5.74) is 2.24. The number of rotatable bonds is 6. The third-order valence-electron chi connectivity index (χ3n) is 3.92. The molecule has 1 N–H and O–H groups in total. The normalized spacial score (nSPS) is 13.0. The Morgan fingerprint density at radius 1 is 1.21 bits per heavy atom. The molecular weight excluding hydrogens is 304 g/mol. The minimum absolute atomic E-state index is 0.0305. The highest BCUT2D eigenvalue weighted by Gasteiger charge is 2.16. The monoisotopic (exact) mass is 326 g/mol. The van der Waals surface area contributed by atoms with Crippen LogP contribution in [0.15, 0.2) is 48.5 Å². The summed E-state index contributed by atoms with van der Waals surface area (Å²) in [5.74, 6) is 1.49. The molecule has 5 heteroatoms. The van der Waals surface area contributed by atoms with E-state index in [0.717, 1.165) is 30.1 Å². The number of amides is 1. The van der Waals surface area contributed by atoms with Gasteiger partial charge in [0.25, 0.3) is 5.91 Å². The smallest absolute Gasteiger partial charge is 0.258 e. The molecule has 24 heavy (non-hydrogen) atoms. The van der Waals surface area contributed by atoms with Crippen molar-refractivity contribution in [1.82, 2.24) is 5.32 Å². The fourth-order valence-electron chi connectivity index (χ4n) is 2.62. The summed E-state index contributed by atoms with van der Waals surface area (Å²) in [7, 11) is 0. The van der Waals surface area contributed by atoms with Gasteiger partial charge < -0.3 is 19.7 Å². The first kappa shape index (κ1) is 16.2. The highest BCUT2D eigenvalue weighted by molar-refractivity contribution is 5.77. The van der Waals surface area contributed by atoms with E-state index in [1.807, 2.05) is 55.5 Å². The third-order valence-corrected chi connectivity index (χ3v) is 3.92. The van der Waals surface area contributed by atoms with Crippen molar-refractivity contribution in [1.29, 1.82) is 0 Å². The highest BCUT2D eigenvalue weighted by atomic mass is 16.5. The Bertz CT molecular complexity index is 685. The van der Waals surface area contributed by atoms with E-state index in [1.165, 1.54) is 0 Å². The molecule has 0 saturated carbocycles. The van der Waals surface area contributed by atoms with Crippen LogP contribution < -0.4 is 19.7 Å². The van der Waals surface area contributed by atoms with Gasteiger partial charge >= 0.3 is 0 Å². The van der Waals surface area contributed by atoms with Gasteiger partial charge in [0.15, 0.2) is 6.61 Å². The van der Waals surface area contributed by atoms with Gasteiger partial charge in [0.2, 0.25) is 0 Å². The number of carbonyl (C=O) groups is 1. The summed E-state index contributed by atoms with van der Waals surface area (Å²) in [4.78, 5) is 14.1. The van der Waals surface area contributed by atoms with Crippen molar-refractivity contribution < 1.29 is 14.3 Å². The van der Waals surface area contributed by atoms with E-state index < -0.39 is 0 Å². The average Bonchev–Trinajstić information content (AvgIpc) is 2.61. The summed E-state index contributed by atoms with van der Waals surface area (Å²) in [6.07, 6.45) is 0. The topological polar surface area (TPSA) is 50.8 Å². The van der Waals surface area contributed by atoms with Gasteiger partial charge in [-0.3, -0.25) is 4.79 Å². The Morgan fingerprint density at radius 2 is 2.00 bits per heavy atom. The Kier molecular flexibility index (Phi) is 5.21. The molecule has 0 saturated heterocycles. The Hall–Kier alpha value is -2.69. The van der Waals surface area contributed by atoms with E-state index in [4.69, 9.17) is 9.47 Å². The van der Waals surface area contributed by atoms with Crippen molar-refractivity contribution in [3.05, 3.63) is 54.1 Å². The lowest BCUT2D eigenvalue weighted by Gasteiger charge is -2.31. The zero-order valence-corrected chi connectivity index (χ0v) is 13.8. The molecule has 2 aromatic rings. The first-order valence-corrected chi connectivity index (χ1v) is 8.15. The zero-order valence-electron chi connectivity index (χ0n) is 13.8. The molecule has 126 valence electrons. The molecule has 1 aliphatic rings. The molecule has 0 aromatic heterocycles. The Morgan fingerprint density at radius 3 is 2.83 bits per heavy atom. The molecule has 0 unspecified atom stereocenters. The third kappa shape index (κ3) is 4.19. The van der Waals surface area contributed by atoms with Crippen LogP contribution in [0.2, 0.25) is 0 Å². The number of benzene rings is 2. The van der Waals surface area contributed by atoms with Gasteiger partial charge in [-0.2, -0.15) is 0 Å². The van der Waals surface area contributed by atoms with Gasteiger partial charge in [0.05, 0.1) is 12.2 Å². The van der Waals surface area contributed by atoms with Crippen LogP contribution in [-0.2, 0) is 4.79 Å². The number of nitrogens with one attached hydrogen (secondary N) is 1. The number of carbonyl (C=O) groups excluding carboxylic acids is 1. The Labute approximate surface area is 142 Å². The quantitative estimate of drug-likeness (QED) is 0.885. The second-order valence-electron chi connectivity index (χ2n) is 5.75. The lowest BCUT2D eigenvalue weighted by Crippen LogP contribution is -2.40. The molecular formula is C19H22N2O3. The predicted octanol–water partition coefficient (Wildman–Crippen LogP) is 2.39. The average molecular weight is 326 g/mol. The largest absolute Gasteiger partial charge is 0.490 e. The molecule has 1 heterocycles. The summed E-state index contributed by atoms with van der Waals surface area (Å²) >= 11 is 0. The second-order valence-corrected chi connectivity index (χ2v) is 5.75. The van der Waals surface area contributed by atoms with Crippen molar-refractivity contribution in [2.75, 3.05) is 37.7 Å². The predicted molar refractivity (Wildman–Crippen MR) is 93.8 cm³/mol. The maximum Gasteiger partial charge on any atom is 0.258 e. The van der Waals surface area contributed by atoms with Gasteiger partial charge in [0.1, 0.15) is 18.1 Å². The first-order chi connectivity index (χ1) is 11.7. The molecule has 5 nitrogen and oxygen atoms in total. The van der Waals surface area contributed by atoms with Crippen LogP contribution in [-0.4, -0.2) is 38.8 Å². The van der Waals surface area contributed by atoms with E-state index >= 15 is 0 Å². The van der Waals surface area contributed by atoms with Gasteiger partial charge in [-0.15, -0.1) is 0 Å². The summed E-state index contributed by atoms with van der Waals surface area (Å²) in [5, 5.41) is 2.90. The Balaban J connectivity index is 1.42. The van der Waals surface area contributed by atoms with Crippen LogP contribution in [0.5, 0.6) is 11.5 Å². The van der Waals surface area contributed by atoms with Gasteiger partial charge in [-0.25, -0.2) is 0 Å². The van der Waals surface area contributed by atoms with Crippen molar-refractivity contribution >= 4 is 11.6 Å². The molecule has 0 fully saturated rings. The van der Waals surface area contributed by atoms with E-state index in [1.54, 1.807) is 0 Å². The maximum atomic E-state index is 11.9. The number of hydrogen-bond donors (Lipinski definition) is 1. The van der Waals surface area contributed by atoms with Gasteiger partial charge in [0, 0.05) is 13.1 Å². The zero-order chi connectivity index (χ0) is 16.8. The molecule has 0 atom stereocenters. The molecule has 2 aromatic carbocycles. The highest BCUT2D eigenvalue weighted by Crippen LogP contribution is 2.30. The molecule has 0 spiro atoms. The van der Waals surface area contributed by atoms with E-state index in [-0.39, 0.29) is 12.5 Å². The minimum atomic E-state index is -0.114. The number of ether oxygens (including phenoxy) is 2. The molecule has 1 amide bonds. The number of nitrogens with zero attached hydrogens (tertiary/aromatic N) is 1. The molecule has 0 radical (unpaired) electrons. The molecule has 1 aliphatic heterocycles. The molecule has 0 aliphatic carbocycles. The molecule has 0 bridgehead atoms. The number of fused-ring (bicyclic) bond motifs is 1. The second kappa shape index (κ2) is 7.73. The van der Waals surface area contributed by atoms with Crippen molar-refractivity contribution in [2.24, 2.45) is 0 Å². The van der Waals surface area contributed by atoms with Crippen LogP contribution in [0.1, 0.15) is 5.56 Å². The summed E-state index contributed by atoms with van der Waals surface area (Å²) in [6.45, 7) is 4.86. The summed E-state index contributed by atoms with van der Waals surface area (Å²) < 4.78 is 11.1. The maximum absolute atomic E-state index is 11.9. The van der Waals surface area contributed by atoms with Crippen molar-refractivity contribution in [2.45, 2.75) is 6.92 Å². The standard InChI is InChI=1S/C19H22N2O3/c1-15-6-8-16(9-7-15)24-14-19(22)20-10-11-21-12-13-23-18-5-3-2-4-17(18)21/h2-9H,10-14H2,1H3,(H,20,22). The first-order valence-electron chi connectivity index (χ1n) is 8.15. The van der Waals surface area contributed by atoms with Crippen LogP contribution in [0, 0.1) is 6.92 Å². The van der Waals surface area contributed by atoms with Crippen LogP contribution >= 0.6 is 0 Å². The number of aryl methyl sites for hydroxylation is 1. The van der Waals surface area contributed by atoms with E-state index in [0.29, 0.717) is 18.9 Å². The van der Waals surface area contributed by atoms with Crippen LogP contribution in [0.3, 0.4) is 0 Å². The van der Waals surface area contributed by atoms with Crippen LogP contribution in [0.4, 0.5) is 5.69 Å². The fourth-order valence-corrected chi connectivity index (χ4v) is 2.62. The molecule has 3 rings (SSSR count). The fraction of sp³-hybridized carbons (Fsp3) is 0.316. The van der Waals surface area contributed by atoms with Crippen molar-refractivity contribution in [3.8, 4) is 11.5 Å². The van der Waals surface area contributed by atoms with Gasteiger partial charge in [-0.05, 0) is 31.2 Å². The lowest BCUT2D eigenvalue weighted by molar-refractivity contribution is -0.123. The van der Waals surface area contributed by atoms with Crippen LogP contribution in [0.25, 0.3) is 0 Å². The summed E-state index contributed by atoms with van der Waals surface area (Å²) in [6, 6.07) is 15.6. The lowest BCUT2D eigenvalue weighted by atomic mass is 10.2. The van der Waals surface area contributed by atoms with E-state index in [2.05, 4.69) is 10.2 Å². The number of anilines is 1. The minimum Gasteiger partial charge on any atom is -0.490 e. The number of para-hydroxylation sites is 2. The SMILES string of the molecule is Cc1ccc(OCC(=O)NCCN2CCOc3ccccc32)cc1. The van der Waals surface area contributed by atoms with Gasteiger partial charge in [-0.1, -0.05) is 29.8 Å². The number of hydrogen-bond acceptors (Lipinski definition) is 4. The van der Waals surface area contributed by atoms with E-state index in [9.17, 15) is 4.79 Å². The van der Waals surface area contributed by atoms with Crippen molar-refractivity contribution in [3.63, 3.8) is 0 Å².